The standard InChI is InChI=1S/C15H26O2/c1-2-3-4-5-6-7-12-17-13-11-14-9-8-10-15(14)16/h11H,2-10,12-13H2,1H3/b14-11-. The van der Waals surface area contributed by atoms with Crippen LogP contribution in [0.3, 0.4) is 0 Å². The summed E-state index contributed by atoms with van der Waals surface area (Å²) in [5.41, 5.74) is 0.993. The van der Waals surface area contributed by atoms with Crippen LogP contribution in [0.25, 0.3) is 0 Å². The van der Waals surface area contributed by atoms with Crippen molar-refractivity contribution >= 4 is 5.78 Å². The highest BCUT2D eigenvalue weighted by Gasteiger charge is 2.15. The van der Waals surface area contributed by atoms with Gasteiger partial charge in [-0.25, -0.2) is 0 Å². The van der Waals surface area contributed by atoms with Crippen molar-refractivity contribution in [3.05, 3.63) is 11.6 Å². The number of hydrogen-bond acceptors (Lipinski definition) is 2. The molecule has 1 saturated carbocycles. The van der Waals surface area contributed by atoms with Crippen LogP contribution in [0.15, 0.2) is 11.6 Å². The zero-order valence-corrected chi connectivity index (χ0v) is 11.2. The molecule has 98 valence electrons. The second-order valence-electron chi connectivity index (χ2n) is 4.85. The van der Waals surface area contributed by atoms with E-state index in [1.165, 1.54) is 32.1 Å². The lowest BCUT2D eigenvalue weighted by Crippen LogP contribution is -1.98. The number of Topliss-reactive ketones (excluding diaryl/α,β-unsaturated/α-hetero) is 1. The SMILES string of the molecule is CCCCCCCCOC/C=C1/CCCC1=O. The summed E-state index contributed by atoms with van der Waals surface area (Å²) in [5, 5.41) is 0. The average molecular weight is 238 g/mol. The van der Waals surface area contributed by atoms with Crippen LogP contribution < -0.4 is 0 Å². The highest BCUT2D eigenvalue weighted by molar-refractivity contribution is 5.97. The van der Waals surface area contributed by atoms with E-state index >= 15 is 0 Å². The molecule has 2 nitrogen and oxygen atoms in total. The maximum Gasteiger partial charge on any atom is 0.158 e. The maximum absolute atomic E-state index is 11.3. The van der Waals surface area contributed by atoms with Crippen LogP contribution in [-0.2, 0) is 9.53 Å². The Kier molecular flexibility index (Phi) is 7.98. The van der Waals surface area contributed by atoms with E-state index in [0.717, 1.165) is 37.9 Å². The lowest BCUT2D eigenvalue weighted by Gasteiger charge is -2.02. The number of rotatable bonds is 9. The Hall–Kier alpha value is -0.630. The van der Waals surface area contributed by atoms with E-state index in [1.54, 1.807) is 0 Å². The summed E-state index contributed by atoms with van der Waals surface area (Å²) in [4.78, 5) is 11.3. The van der Waals surface area contributed by atoms with Crippen LogP contribution in [0.2, 0.25) is 0 Å². The first-order valence-electron chi connectivity index (χ1n) is 7.14. The monoisotopic (exact) mass is 238 g/mol. The topological polar surface area (TPSA) is 26.3 Å². The van der Waals surface area contributed by atoms with Gasteiger partial charge in [-0.15, -0.1) is 0 Å². The highest BCUT2D eigenvalue weighted by Crippen LogP contribution is 2.19. The third kappa shape index (κ3) is 6.62. The van der Waals surface area contributed by atoms with E-state index in [4.69, 9.17) is 4.74 Å². The molecule has 0 aliphatic heterocycles. The fraction of sp³-hybridized carbons (Fsp3) is 0.800. The second-order valence-corrected chi connectivity index (χ2v) is 4.85. The predicted molar refractivity (Wildman–Crippen MR) is 71.1 cm³/mol. The van der Waals surface area contributed by atoms with E-state index in [0.29, 0.717) is 12.4 Å². The van der Waals surface area contributed by atoms with Gasteiger partial charge in [0.15, 0.2) is 5.78 Å². The largest absolute Gasteiger partial charge is 0.377 e. The molecule has 1 aliphatic rings. The molecule has 0 aromatic heterocycles. The van der Waals surface area contributed by atoms with Gasteiger partial charge in [-0.2, -0.15) is 0 Å². The summed E-state index contributed by atoms with van der Waals surface area (Å²) in [5.74, 6) is 0.327. The van der Waals surface area contributed by atoms with Gasteiger partial charge in [-0.1, -0.05) is 45.1 Å². The van der Waals surface area contributed by atoms with Crippen LogP contribution in [0.5, 0.6) is 0 Å². The summed E-state index contributed by atoms with van der Waals surface area (Å²) < 4.78 is 5.52. The van der Waals surface area contributed by atoms with Gasteiger partial charge in [0.05, 0.1) is 6.61 Å². The van der Waals surface area contributed by atoms with Crippen LogP contribution >= 0.6 is 0 Å². The molecule has 0 heterocycles. The number of carbonyl (C=O) groups is 1. The van der Waals surface area contributed by atoms with Gasteiger partial charge in [-0.05, 0) is 24.8 Å². The number of ketones is 1. The number of allylic oxidation sites excluding steroid dienone is 1. The van der Waals surface area contributed by atoms with Gasteiger partial charge in [0.2, 0.25) is 0 Å². The molecule has 0 atom stereocenters. The zero-order valence-electron chi connectivity index (χ0n) is 11.2. The molecule has 2 heteroatoms. The average Bonchev–Trinajstić information content (AvgIpc) is 2.73. The Balaban J connectivity index is 1.89. The minimum Gasteiger partial charge on any atom is -0.377 e. The van der Waals surface area contributed by atoms with Crippen molar-refractivity contribution in [2.45, 2.75) is 64.7 Å². The number of carbonyl (C=O) groups excluding carboxylic acids is 1. The Bertz CT molecular complexity index is 243. The number of hydrogen-bond donors (Lipinski definition) is 0. The van der Waals surface area contributed by atoms with Crippen LogP contribution in [0.1, 0.15) is 64.7 Å². The minimum atomic E-state index is 0.327. The molecule has 1 rings (SSSR count). The van der Waals surface area contributed by atoms with Crippen LogP contribution in [0, 0.1) is 0 Å². The summed E-state index contributed by atoms with van der Waals surface area (Å²) in [6, 6.07) is 0. The van der Waals surface area contributed by atoms with E-state index in [2.05, 4.69) is 6.92 Å². The number of unbranched alkanes of at least 4 members (excludes halogenated alkanes) is 5. The van der Waals surface area contributed by atoms with Gasteiger partial charge in [0.1, 0.15) is 0 Å². The van der Waals surface area contributed by atoms with Gasteiger partial charge in [0, 0.05) is 13.0 Å². The summed E-state index contributed by atoms with van der Waals surface area (Å²) in [7, 11) is 0. The van der Waals surface area contributed by atoms with Crippen molar-refractivity contribution in [1.82, 2.24) is 0 Å². The van der Waals surface area contributed by atoms with E-state index in [-0.39, 0.29) is 0 Å². The molecule has 0 saturated heterocycles. The third-order valence-corrected chi connectivity index (χ3v) is 3.30. The molecule has 0 aromatic rings. The van der Waals surface area contributed by atoms with E-state index in [1.807, 2.05) is 6.08 Å². The van der Waals surface area contributed by atoms with Crippen LogP contribution in [-0.4, -0.2) is 19.0 Å². The minimum absolute atomic E-state index is 0.327. The van der Waals surface area contributed by atoms with Crippen molar-refractivity contribution in [3.63, 3.8) is 0 Å². The lowest BCUT2D eigenvalue weighted by molar-refractivity contribution is -0.114. The van der Waals surface area contributed by atoms with Gasteiger partial charge >= 0.3 is 0 Å². The Morgan fingerprint density at radius 3 is 2.59 bits per heavy atom. The van der Waals surface area contributed by atoms with E-state index < -0.39 is 0 Å². The summed E-state index contributed by atoms with van der Waals surface area (Å²) in [6.07, 6.45) is 12.5. The Morgan fingerprint density at radius 2 is 1.88 bits per heavy atom. The fourth-order valence-corrected chi connectivity index (χ4v) is 2.18. The second kappa shape index (κ2) is 9.41. The zero-order chi connectivity index (χ0) is 12.3. The first kappa shape index (κ1) is 14.4. The first-order chi connectivity index (χ1) is 8.34. The Labute approximate surface area is 105 Å². The van der Waals surface area contributed by atoms with Crippen molar-refractivity contribution < 1.29 is 9.53 Å². The molecule has 0 aromatic carbocycles. The molecule has 0 N–H and O–H groups in total. The van der Waals surface area contributed by atoms with Crippen molar-refractivity contribution in [2.24, 2.45) is 0 Å². The Morgan fingerprint density at radius 1 is 1.12 bits per heavy atom. The highest BCUT2D eigenvalue weighted by atomic mass is 16.5. The smallest absolute Gasteiger partial charge is 0.158 e. The molecule has 0 amide bonds. The van der Waals surface area contributed by atoms with Crippen molar-refractivity contribution in [3.8, 4) is 0 Å². The van der Waals surface area contributed by atoms with Crippen LogP contribution in [0.4, 0.5) is 0 Å². The third-order valence-electron chi connectivity index (χ3n) is 3.30. The van der Waals surface area contributed by atoms with Gasteiger partial charge in [0.25, 0.3) is 0 Å². The normalized spacial score (nSPS) is 18.2. The molecule has 0 unspecified atom stereocenters. The van der Waals surface area contributed by atoms with Gasteiger partial charge in [-0.3, -0.25) is 4.79 Å². The first-order valence-corrected chi connectivity index (χ1v) is 7.14. The van der Waals surface area contributed by atoms with Crippen molar-refractivity contribution in [1.29, 1.82) is 0 Å². The molecule has 0 bridgehead atoms. The van der Waals surface area contributed by atoms with E-state index in [9.17, 15) is 4.79 Å². The molecule has 17 heavy (non-hydrogen) atoms. The van der Waals surface area contributed by atoms with Crippen molar-refractivity contribution in [2.75, 3.05) is 13.2 Å². The number of ether oxygens (including phenoxy) is 1. The molecular weight excluding hydrogens is 212 g/mol. The molecule has 0 spiro atoms. The predicted octanol–water partition coefficient (Wildman–Crippen LogP) is 4.04. The lowest BCUT2D eigenvalue weighted by atomic mass is 10.1. The summed E-state index contributed by atoms with van der Waals surface area (Å²) in [6.45, 7) is 3.70. The fourth-order valence-electron chi connectivity index (χ4n) is 2.18. The van der Waals surface area contributed by atoms with Gasteiger partial charge < -0.3 is 4.74 Å². The summed E-state index contributed by atoms with van der Waals surface area (Å²) >= 11 is 0. The molecule has 1 aliphatic carbocycles. The molecular formula is C15H26O2. The molecule has 0 radical (unpaired) electrons. The maximum atomic E-state index is 11.3. The molecule has 1 fully saturated rings. The quantitative estimate of drug-likeness (QED) is 0.447.